The van der Waals surface area contributed by atoms with Gasteiger partial charge < -0.3 is 25.2 Å². The molecule has 7 heteroatoms. The predicted molar refractivity (Wildman–Crippen MR) is 87.2 cm³/mol. The summed E-state index contributed by atoms with van der Waals surface area (Å²) in [6.45, 7) is 8.53. The Morgan fingerprint density at radius 2 is 1.62 bits per heavy atom. The van der Waals surface area contributed by atoms with E-state index in [0.717, 1.165) is 45.0 Å². The first-order valence-electron chi connectivity index (χ1n) is 7.63. The third-order valence-electron chi connectivity index (χ3n) is 2.51. The van der Waals surface area contributed by atoms with Crippen molar-refractivity contribution in [3.63, 3.8) is 0 Å². The van der Waals surface area contributed by atoms with Gasteiger partial charge in [-0.2, -0.15) is 11.8 Å². The second-order valence-electron chi connectivity index (χ2n) is 4.48. The van der Waals surface area contributed by atoms with Crippen LogP contribution in [0.5, 0.6) is 0 Å². The standard InChI is InChI=1S/C14H30N2O4S/c1-2-8-19-10-11-20-9-6-15-4-5-16-7-13-21-12-3-14(17)18/h15-16H,2-13H2,1H3,(H,17,18). The van der Waals surface area contributed by atoms with Gasteiger partial charge in [0.05, 0.1) is 26.2 Å². The number of carbonyl (C=O) groups is 1. The number of ether oxygens (including phenoxy) is 2. The maximum atomic E-state index is 10.3. The molecular formula is C14H30N2O4S. The minimum Gasteiger partial charge on any atom is -0.481 e. The highest BCUT2D eigenvalue weighted by Gasteiger charge is 1.96. The highest BCUT2D eigenvalue weighted by Crippen LogP contribution is 2.00. The number of nitrogens with one attached hydrogen (secondary N) is 2. The second-order valence-corrected chi connectivity index (χ2v) is 5.71. The van der Waals surface area contributed by atoms with Crippen LogP contribution in [0.25, 0.3) is 0 Å². The van der Waals surface area contributed by atoms with Crippen LogP contribution in [0.4, 0.5) is 0 Å². The van der Waals surface area contributed by atoms with Crippen molar-refractivity contribution in [1.82, 2.24) is 10.6 Å². The fourth-order valence-corrected chi connectivity index (χ4v) is 2.26. The summed E-state index contributed by atoms with van der Waals surface area (Å²) < 4.78 is 10.7. The Morgan fingerprint density at radius 1 is 0.952 bits per heavy atom. The van der Waals surface area contributed by atoms with E-state index >= 15 is 0 Å². The van der Waals surface area contributed by atoms with Gasteiger partial charge in [0.2, 0.25) is 0 Å². The first kappa shape index (κ1) is 20.7. The van der Waals surface area contributed by atoms with Crippen LogP contribution in [0, 0.1) is 0 Å². The Bertz CT molecular complexity index is 233. The van der Waals surface area contributed by atoms with Crippen molar-refractivity contribution in [1.29, 1.82) is 0 Å². The molecule has 0 saturated carbocycles. The number of carboxylic acid groups (broad SMARTS) is 1. The molecule has 21 heavy (non-hydrogen) atoms. The van der Waals surface area contributed by atoms with Crippen LogP contribution in [-0.4, -0.2) is 75.2 Å². The van der Waals surface area contributed by atoms with Crippen molar-refractivity contribution >= 4 is 17.7 Å². The van der Waals surface area contributed by atoms with Crippen LogP contribution in [-0.2, 0) is 14.3 Å². The Labute approximate surface area is 132 Å². The van der Waals surface area contributed by atoms with Crippen molar-refractivity contribution in [2.24, 2.45) is 0 Å². The van der Waals surface area contributed by atoms with Gasteiger partial charge in [-0.3, -0.25) is 4.79 Å². The fraction of sp³-hybridized carbons (Fsp3) is 0.929. The molecule has 0 aromatic rings. The Balaban J connectivity index is 2.95. The van der Waals surface area contributed by atoms with Crippen molar-refractivity contribution in [2.45, 2.75) is 19.8 Å². The number of aliphatic carboxylic acids is 1. The quantitative estimate of drug-likeness (QED) is 0.342. The zero-order valence-corrected chi connectivity index (χ0v) is 13.9. The van der Waals surface area contributed by atoms with E-state index < -0.39 is 5.97 Å². The lowest BCUT2D eigenvalue weighted by atomic mass is 10.5. The van der Waals surface area contributed by atoms with Crippen LogP contribution in [0.15, 0.2) is 0 Å². The molecule has 3 N–H and O–H groups in total. The van der Waals surface area contributed by atoms with E-state index in [0.29, 0.717) is 25.6 Å². The molecule has 0 spiro atoms. The van der Waals surface area contributed by atoms with E-state index in [2.05, 4.69) is 17.6 Å². The summed E-state index contributed by atoms with van der Waals surface area (Å²) in [5.41, 5.74) is 0. The number of hydrogen-bond acceptors (Lipinski definition) is 6. The molecule has 0 saturated heterocycles. The number of rotatable bonds is 17. The van der Waals surface area contributed by atoms with Gasteiger partial charge in [-0.25, -0.2) is 0 Å². The molecule has 0 aromatic heterocycles. The van der Waals surface area contributed by atoms with Gasteiger partial charge in [0.1, 0.15) is 0 Å². The Hall–Kier alpha value is -0.340. The summed E-state index contributed by atoms with van der Waals surface area (Å²) in [6.07, 6.45) is 1.29. The van der Waals surface area contributed by atoms with Crippen LogP contribution < -0.4 is 10.6 Å². The van der Waals surface area contributed by atoms with E-state index in [-0.39, 0.29) is 6.42 Å². The number of carboxylic acids is 1. The molecule has 0 rings (SSSR count). The summed E-state index contributed by atoms with van der Waals surface area (Å²) in [7, 11) is 0. The first-order valence-corrected chi connectivity index (χ1v) is 8.79. The molecule has 0 aliphatic rings. The highest BCUT2D eigenvalue weighted by atomic mass is 32.2. The minimum absolute atomic E-state index is 0.246. The third-order valence-corrected chi connectivity index (χ3v) is 3.49. The van der Waals surface area contributed by atoms with E-state index in [1.807, 2.05) is 0 Å². The molecule has 0 amide bonds. The summed E-state index contributed by atoms with van der Waals surface area (Å²) in [5.74, 6) is 0.918. The molecule has 0 bridgehead atoms. The van der Waals surface area contributed by atoms with Gasteiger partial charge >= 0.3 is 5.97 Å². The normalized spacial score (nSPS) is 10.9. The molecule has 0 heterocycles. The van der Waals surface area contributed by atoms with E-state index in [1.54, 1.807) is 11.8 Å². The Morgan fingerprint density at radius 3 is 2.29 bits per heavy atom. The van der Waals surface area contributed by atoms with Crippen molar-refractivity contribution < 1.29 is 19.4 Å². The lowest BCUT2D eigenvalue weighted by molar-refractivity contribution is -0.136. The van der Waals surface area contributed by atoms with Crippen LogP contribution in [0.2, 0.25) is 0 Å². The van der Waals surface area contributed by atoms with Gasteiger partial charge in [-0.1, -0.05) is 6.92 Å². The first-order chi connectivity index (χ1) is 10.3. The molecule has 0 radical (unpaired) electrons. The topological polar surface area (TPSA) is 79.8 Å². The van der Waals surface area contributed by atoms with Crippen molar-refractivity contribution in [2.75, 3.05) is 64.1 Å². The smallest absolute Gasteiger partial charge is 0.304 e. The Kier molecular flexibility index (Phi) is 17.4. The summed E-state index contributed by atoms with van der Waals surface area (Å²) in [6, 6.07) is 0. The van der Waals surface area contributed by atoms with Gasteiger partial charge in [-0.05, 0) is 6.42 Å². The summed E-state index contributed by atoms with van der Waals surface area (Å²) >= 11 is 1.67. The second kappa shape index (κ2) is 17.7. The SMILES string of the molecule is CCCOCCOCCNCCNCCSCCC(=O)O. The molecule has 0 aromatic carbocycles. The van der Waals surface area contributed by atoms with Crippen molar-refractivity contribution in [3.8, 4) is 0 Å². The molecular weight excluding hydrogens is 292 g/mol. The van der Waals surface area contributed by atoms with E-state index in [9.17, 15) is 4.79 Å². The van der Waals surface area contributed by atoms with E-state index in [1.165, 1.54) is 0 Å². The van der Waals surface area contributed by atoms with Crippen molar-refractivity contribution in [3.05, 3.63) is 0 Å². The predicted octanol–water partition coefficient (Wildman–Crippen LogP) is 0.817. The minimum atomic E-state index is -0.723. The van der Waals surface area contributed by atoms with Gasteiger partial charge in [0.15, 0.2) is 0 Å². The molecule has 6 nitrogen and oxygen atoms in total. The average molecular weight is 322 g/mol. The molecule has 0 aliphatic carbocycles. The van der Waals surface area contributed by atoms with E-state index in [4.69, 9.17) is 14.6 Å². The summed E-state index contributed by atoms with van der Waals surface area (Å²) in [5, 5.41) is 15.1. The highest BCUT2D eigenvalue weighted by molar-refractivity contribution is 7.99. The lowest BCUT2D eigenvalue weighted by Gasteiger charge is -2.07. The molecule has 0 fully saturated rings. The fourth-order valence-electron chi connectivity index (χ4n) is 1.44. The molecule has 0 atom stereocenters. The zero-order chi connectivity index (χ0) is 15.6. The van der Waals surface area contributed by atoms with Crippen LogP contribution in [0.3, 0.4) is 0 Å². The maximum absolute atomic E-state index is 10.3. The van der Waals surface area contributed by atoms with Gasteiger partial charge in [0, 0.05) is 44.3 Å². The monoisotopic (exact) mass is 322 g/mol. The maximum Gasteiger partial charge on any atom is 0.304 e. The third kappa shape index (κ3) is 19.7. The number of thioether (sulfide) groups is 1. The molecule has 126 valence electrons. The lowest BCUT2D eigenvalue weighted by Crippen LogP contribution is -2.30. The average Bonchev–Trinajstić information content (AvgIpc) is 2.46. The zero-order valence-electron chi connectivity index (χ0n) is 13.1. The van der Waals surface area contributed by atoms with Gasteiger partial charge in [0.25, 0.3) is 0 Å². The molecule has 0 unspecified atom stereocenters. The van der Waals surface area contributed by atoms with Gasteiger partial charge in [-0.15, -0.1) is 0 Å². The van der Waals surface area contributed by atoms with Crippen LogP contribution in [0.1, 0.15) is 19.8 Å². The molecule has 0 aliphatic heterocycles. The largest absolute Gasteiger partial charge is 0.481 e. The number of hydrogen-bond donors (Lipinski definition) is 3. The summed E-state index contributed by atoms with van der Waals surface area (Å²) in [4.78, 5) is 10.3. The van der Waals surface area contributed by atoms with Crippen LogP contribution >= 0.6 is 11.8 Å².